The second-order valence-corrected chi connectivity index (χ2v) is 4.61. The van der Waals surface area contributed by atoms with Crippen molar-refractivity contribution < 1.29 is 0 Å². The fraction of sp³-hybridized carbons (Fsp3) is 0.462. The minimum Gasteiger partial charge on any atom is -0.356 e. The first-order chi connectivity index (χ1) is 8.42. The lowest BCUT2D eigenvalue weighted by Crippen LogP contribution is -2.20. The number of rotatable bonds is 6. The lowest BCUT2D eigenvalue weighted by atomic mass is 10.3. The molecule has 0 unspecified atom stereocenters. The van der Waals surface area contributed by atoms with Crippen LogP contribution in [0.15, 0.2) is 24.3 Å². The molecule has 0 spiro atoms. The highest BCUT2D eigenvalue weighted by Gasteiger charge is 2.19. The number of aromatic amines is 1. The summed E-state index contributed by atoms with van der Waals surface area (Å²) in [6, 6.07) is 8.89. The van der Waals surface area contributed by atoms with Crippen molar-refractivity contribution in [3.05, 3.63) is 24.3 Å². The standard InChI is InChI=1S/C13H18N4/c1-2-5-12-11(4-1)16-13(17-12)15-9-3-8-14-10-6-7-10/h1-2,4-5,10,14H,3,6-9H2,(H2,15,16,17). The molecule has 1 fully saturated rings. The van der Waals surface area contributed by atoms with Crippen LogP contribution in [-0.4, -0.2) is 29.1 Å². The summed E-state index contributed by atoms with van der Waals surface area (Å²) >= 11 is 0. The van der Waals surface area contributed by atoms with Crippen molar-refractivity contribution in [1.29, 1.82) is 0 Å². The summed E-state index contributed by atoms with van der Waals surface area (Å²) in [6.07, 6.45) is 3.85. The van der Waals surface area contributed by atoms with Crippen LogP contribution in [0.2, 0.25) is 0 Å². The first kappa shape index (κ1) is 10.6. The number of nitrogens with zero attached hydrogens (tertiary/aromatic N) is 1. The van der Waals surface area contributed by atoms with Gasteiger partial charge in [-0.3, -0.25) is 0 Å². The first-order valence-electron chi connectivity index (χ1n) is 6.34. The van der Waals surface area contributed by atoms with Gasteiger partial charge in [0.15, 0.2) is 0 Å². The van der Waals surface area contributed by atoms with E-state index in [1.165, 1.54) is 12.8 Å². The number of nitrogens with one attached hydrogen (secondary N) is 3. The molecular formula is C13H18N4. The number of H-pyrrole nitrogens is 1. The lowest BCUT2D eigenvalue weighted by molar-refractivity contribution is 0.658. The van der Waals surface area contributed by atoms with Gasteiger partial charge in [-0.2, -0.15) is 0 Å². The Balaban J connectivity index is 1.46. The quantitative estimate of drug-likeness (QED) is 0.666. The van der Waals surface area contributed by atoms with Crippen molar-refractivity contribution in [3.8, 4) is 0 Å². The molecule has 3 rings (SSSR count). The molecule has 1 aliphatic carbocycles. The normalized spacial score (nSPS) is 15.3. The van der Waals surface area contributed by atoms with E-state index in [1.807, 2.05) is 24.3 Å². The Hall–Kier alpha value is -1.55. The Bertz CT molecular complexity index is 454. The van der Waals surface area contributed by atoms with Crippen molar-refractivity contribution in [3.63, 3.8) is 0 Å². The summed E-state index contributed by atoms with van der Waals surface area (Å²) in [6.45, 7) is 2.05. The van der Waals surface area contributed by atoms with Crippen LogP contribution in [0.4, 0.5) is 5.95 Å². The van der Waals surface area contributed by atoms with Gasteiger partial charge < -0.3 is 15.6 Å². The molecule has 1 saturated carbocycles. The van der Waals surface area contributed by atoms with Gasteiger partial charge in [0.25, 0.3) is 0 Å². The molecule has 1 aromatic carbocycles. The number of benzene rings is 1. The summed E-state index contributed by atoms with van der Waals surface area (Å²) in [5.74, 6) is 0.873. The zero-order valence-corrected chi connectivity index (χ0v) is 9.87. The number of para-hydroxylation sites is 2. The molecule has 17 heavy (non-hydrogen) atoms. The number of hydrogen-bond acceptors (Lipinski definition) is 3. The molecule has 1 heterocycles. The number of hydrogen-bond donors (Lipinski definition) is 3. The molecule has 1 aromatic heterocycles. The third-order valence-corrected chi connectivity index (χ3v) is 3.05. The average Bonchev–Trinajstić information content (AvgIpc) is 3.07. The molecule has 90 valence electrons. The van der Waals surface area contributed by atoms with Gasteiger partial charge in [0, 0.05) is 12.6 Å². The summed E-state index contributed by atoms with van der Waals surface area (Å²) in [4.78, 5) is 7.74. The summed E-state index contributed by atoms with van der Waals surface area (Å²) in [5.41, 5.74) is 2.11. The highest BCUT2D eigenvalue weighted by atomic mass is 15.1. The van der Waals surface area contributed by atoms with Crippen molar-refractivity contribution in [2.75, 3.05) is 18.4 Å². The fourth-order valence-corrected chi connectivity index (χ4v) is 1.93. The minimum absolute atomic E-state index is 0.807. The molecule has 4 nitrogen and oxygen atoms in total. The number of imidazole rings is 1. The van der Waals surface area contributed by atoms with Crippen LogP contribution >= 0.6 is 0 Å². The van der Waals surface area contributed by atoms with Gasteiger partial charge in [-0.05, 0) is 37.9 Å². The van der Waals surface area contributed by atoms with Crippen molar-refractivity contribution in [2.45, 2.75) is 25.3 Å². The van der Waals surface area contributed by atoms with E-state index in [4.69, 9.17) is 0 Å². The van der Waals surface area contributed by atoms with Crippen molar-refractivity contribution in [2.24, 2.45) is 0 Å². The largest absolute Gasteiger partial charge is 0.356 e. The molecular weight excluding hydrogens is 212 g/mol. The maximum atomic E-state index is 4.47. The van der Waals surface area contributed by atoms with Crippen LogP contribution in [0.25, 0.3) is 11.0 Å². The third-order valence-electron chi connectivity index (χ3n) is 3.05. The van der Waals surface area contributed by atoms with Gasteiger partial charge in [-0.1, -0.05) is 12.1 Å². The average molecular weight is 230 g/mol. The van der Waals surface area contributed by atoms with Gasteiger partial charge in [0.2, 0.25) is 5.95 Å². The smallest absolute Gasteiger partial charge is 0.201 e. The first-order valence-corrected chi connectivity index (χ1v) is 6.34. The van der Waals surface area contributed by atoms with Gasteiger partial charge in [0.05, 0.1) is 11.0 Å². The van der Waals surface area contributed by atoms with E-state index in [0.717, 1.165) is 42.5 Å². The van der Waals surface area contributed by atoms with Crippen LogP contribution in [0.1, 0.15) is 19.3 Å². The third kappa shape index (κ3) is 2.77. The monoisotopic (exact) mass is 230 g/mol. The molecule has 0 bridgehead atoms. The Morgan fingerprint density at radius 1 is 1.24 bits per heavy atom. The van der Waals surface area contributed by atoms with E-state index < -0.39 is 0 Å². The SMILES string of the molecule is c1ccc2[nH]c(NCCCNC3CC3)nc2c1. The zero-order valence-electron chi connectivity index (χ0n) is 9.87. The second kappa shape index (κ2) is 4.75. The maximum Gasteiger partial charge on any atom is 0.201 e. The van der Waals surface area contributed by atoms with Crippen LogP contribution < -0.4 is 10.6 Å². The molecule has 0 aliphatic heterocycles. The maximum absolute atomic E-state index is 4.47. The van der Waals surface area contributed by atoms with Gasteiger partial charge in [-0.25, -0.2) is 4.98 Å². The summed E-state index contributed by atoms with van der Waals surface area (Å²) in [5, 5.41) is 6.82. The molecule has 0 radical (unpaired) electrons. The van der Waals surface area contributed by atoms with Crippen molar-refractivity contribution in [1.82, 2.24) is 15.3 Å². The van der Waals surface area contributed by atoms with E-state index in [2.05, 4.69) is 20.6 Å². The van der Waals surface area contributed by atoms with E-state index in [1.54, 1.807) is 0 Å². The van der Waals surface area contributed by atoms with Crippen LogP contribution in [0.5, 0.6) is 0 Å². The molecule has 0 amide bonds. The van der Waals surface area contributed by atoms with E-state index in [9.17, 15) is 0 Å². The van der Waals surface area contributed by atoms with E-state index >= 15 is 0 Å². The molecule has 2 aromatic rings. The molecule has 3 N–H and O–H groups in total. The Morgan fingerprint density at radius 2 is 2.12 bits per heavy atom. The Kier molecular flexibility index (Phi) is 2.96. The van der Waals surface area contributed by atoms with E-state index in [0.29, 0.717) is 0 Å². The topological polar surface area (TPSA) is 52.7 Å². The Labute approximate surface area is 101 Å². The fourth-order valence-electron chi connectivity index (χ4n) is 1.93. The summed E-state index contributed by atoms with van der Waals surface area (Å²) < 4.78 is 0. The number of aromatic nitrogens is 2. The van der Waals surface area contributed by atoms with E-state index in [-0.39, 0.29) is 0 Å². The Morgan fingerprint density at radius 3 is 2.94 bits per heavy atom. The lowest BCUT2D eigenvalue weighted by Gasteiger charge is -2.03. The molecule has 4 heteroatoms. The van der Waals surface area contributed by atoms with Crippen LogP contribution in [0.3, 0.4) is 0 Å². The molecule has 0 saturated heterocycles. The predicted octanol–water partition coefficient (Wildman–Crippen LogP) is 2.12. The van der Waals surface area contributed by atoms with Gasteiger partial charge in [0.1, 0.15) is 0 Å². The zero-order chi connectivity index (χ0) is 11.5. The molecule has 0 atom stereocenters. The highest BCUT2D eigenvalue weighted by molar-refractivity contribution is 5.77. The number of anilines is 1. The minimum atomic E-state index is 0.807. The van der Waals surface area contributed by atoms with Crippen molar-refractivity contribution >= 4 is 17.0 Å². The predicted molar refractivity (Wildman–Crippen MR) is 70.2 cm³/mol. The van der Waals surface area contributed by atoms with Crippen LogP contribution in [-0.2, 0) is 0 Å². The number of fused-ring (bicyclic) bond motifs is 1. The van der Waals surface area contributed by atoms with Gasteiger partial charge in [-0.15, -0.1) is 0 Å². The summed E-state index contributed by atoms with van der Waals surface area (Å²) in [7, 11) is 0. The second-order valence-electron chi connectivity index (χ2n) is 4.61. The molecule has 1 aliphatic rings. The van der Waals surface area contributed by atoms with Gasteiger partial charge >= 0.3 is 0 Å². The highest BCUT2D eigenvalue weighted by Crippen LogP contribution is 2.18. The van der Waals surface area contributed by atoms with Crippen LogP contribution in [0, 0.1) is 0 Å².